The van der Waals surface area contributed by atoms with Crippen LogP contribution in [0.25, 0.3) is 0 Å². The zero-order valence-electron chi connectivity index (χ0n) is 10.7. The summed E-state index contributed by atoms with van der Waals surface area (Å²) in [5.41, 5.74) is -0.721. The molecule has 0 aliphatic carbocycles. The molecule has 0 aliphatic heterocycles. The smallest absolute Gasteiger partial charge is 0.365 e. The molecule has 6 nitrogen and oxygen atoms in total. The topological polar surface area (TPSA) is 93.1 Å². The highest BCUT2D eigenvalue weighted by Gasteiger charge is 2.40. The summed E-state index contributed by atoms with van der Waals surface area (Å²) in [6, 6.07) is 0. The van der Waals surface area contributed by atoms with Crippen LogP contribution < -0.4 is 0 Å². The molecule has 1 atom stereocenters. The molecule has 0 heterocycles. The van der Waals surface area contributed by atoms with Gasteiger partial charge in [0.2, 0.25) is 0 Å². The van der Waals surface area contributed by atoms with Gasteiger partial charge in [0.15, 0.2) is 0 Å². The molecular weight excluding hydrogens is 247 g/mol. The monoisotopic (exact) mass is 268 g/mol. The molecule has 0 bridgehead atoms. The molecule has 0 saturated heterocycles. The standard InChI is InChI=1S/C10H21O6P/c1-5-10(4,6-2)16-8(11)9(15-7-3)17(12,13)14/h9H,5-7H2,1-4H3,(H2,12,13,14). The van der Waals surface area contributed by atoms with Crippen molar-refractivity contribution in [2.24, 2.45) is 0 Å². The Morgan fingerprint density at radius 2 is 1.76 bits per heavy atom. The summed E-state index contributed by atoms with van der Waals surface area (Å²) in [5, 5.41) is 0. The second-order valence-electron chi connectivity index (χ2n) is 3.97. The Labute approximate surface area is 101 Å². The summed E-state index contributed by atoms with van der Waals surface area (Å²) in [7, 11) is -4.65. The second-order valence-corrected chi connectivity index (χ2v) is 5.62. The molecule has 102 valence electrons. The third-order valence-electron chi connectivity index (χ3n) is 2.67. The van der Waals surface area contributed by atoms with E-state index >= 15 is 0 Å². The van der Waals surface area contributed by atoms with Crippen LogP contribution in [-0.4, -0.2) is 33.8 Å². The first-order valence-electron chi connectivity index (χ1n) is 5.59. The number of rotatable bonds is 7. The van der Waals surface area contributed by atoms with Crippen molar-refractivity contribution in [1.29, 1.82) is 0 Å². The molecule has 1 unspecified atom stereocenters. The molecule has 0 aromatic rings. The summed E-state index contributed by atoms with van der Waals surface area (Å²) < 4.78 is 21.0. The van der Waals surface area contributed by atoms with Gasteiger partial charge in [0.05, 0.1) is 0 Å². The summed E-state index contributed by atoms with van der Waals surface area (Å²) in [6.45, 7) is 6.97. The fourth-order valence-electron chi connectivity index (χ4n) is 1.15. The van der Waals surface area contributed by atoms with Gasteiger partial charge >= 0.3 is 13.6 Å². The van der Waals surface area contributed by atoms with E-state index in [0.29, 0.717) is 12.8 Å². The van der Waals surface area contributed by atoms with Crippen LogP contribution in [0.1, 0.15) is 40.5 Å². The van der Waals surface area contributed by atoms with E-state index in [1.165, 1.54) is 0 Å². The second kappa shape index (κ2) is 6.50. The lowest BCUT2D eigenvalue weighted by Gasteiger charge is -2.29. The van der Waals surface area contributed by atoms with Crippen LogP contribution in [-0.2, 0) is 18.8 Å². The van der Waals surface area contributed by atoms with Crippen LogP contribution in [0.3, 0.4) is 0 Å². The maximum atomic E-state index is 11.7. The average Bonchev–Trinajstić information content (AvgIpc) is 2.23. The Morgan fingerprint density at radius 1 is 1.29 bits per heavy atom. The molecule has 7 heteroatoms. The van der Waals surface area contributed by atoms with Crippen LogP contribution in [0.15, 0.2) is 0 Å². The Hall–Kier alpha value is -0.420. The molecule has 0 rings (SSSR count). The molecule has 0 amide bonds. The highest BCUT2D eigenvalue weighted by Crippen LogP contribution is 2.43. The van der Waals surface area contributed by atoms with Crippen molar-refractivity contribution in [1.82, 2.24) is 0 Å². The van der Waals surface area contributed by atoms with Gasteiger partial charge in [-0.25, -0.2) is 4.79 Å². The number of carbonyl (C=O) groups excluding carboxylic acids is 1. The van der Waals surface area contributed by atoms with E-state index in [1.54, 1.807) is 13.8 Å². The molecule has 0 aromatic carbocycles. The highest BCUT2D eigenvalue weighted by molar-refractivity contribution is 7.53. The van der Waals surface area contributed by atoms with Crippen LogP contribution in [0.5, 0.6) is 0 Å². The number of esters is 1. The van der Waals surface area contributed by atoms with Gasteiger partial charge in [-0.05, 0) is 26.7 Å². The third-order valence-corrected chi connectivity index (χ3v) is 3.65. The van der Waals surface area contributed by atoms with E-state index in [1.807, 2.05) is 13.8 Å². The molecule has 0 aromatic heterocycles. The van der Waals surface area contributed by atoms with Crippen molar-refractivity contribution in [2.75, 3.05) is 6.61 Å². The Kier molecular flexibility index (Phi) is 6.34. The van der Waals surface area contributed by atoms with Crippen molar-refractivity contribution in [2.45, 2.75) is 52.0 Å². The quantitative estimate of drug-likeness (QED) is 0.538. The lowest BCUT2D eigenvalue weighted by molar-refractivity contribution is -0.167. The summed E-state index contributed by atoms with van der Waals surface area (Å²) in [5.74, 6) is -2.84. The Morgan fingerprint density at radius 3 is 2.06 bits per heavy atom. The average molecular weight is 268 g/mol. The van der Waals surface area contributed by atoms with Crippen molar-refractivity contribution < 1.29 is 28.6 Å². The van der Waals surface area contributed by atoms with E-state index in [4.69, 9.17) is 19.3 Å². The first-order chi connectivity index (χ1) is 7.70. The molecule has 17 heavy (non-hydrogen) atoms. The number of carbonyl (C=O) groups is 1. The minimum Gasteiger partial charge on any atom is -0.457 e. The summed E-state index contributed by atoms with van der Waals surface area (Å²) in [4.78, 5) is 29.7. The number of ether oxygens (including phenoxy) is 2. The molecule has 0 aliphatic rings. The minimum absolute atomic E-state index is 0.0276. The zero-order valence-corrected chi connectivity index (χ0v) is 11.6. The van der Waals surface area contributed by atoms with Crippen molar-refractivity contribution in [3.63, 3.8) is 0 Å². The minimum atomic E-state index is -4.65. The number of hydrogen-bond donors (Lipinski definition) is 2. The van der Waals surface area contributed by atoms with Crippen LogP contribution >= 0.6 is 7.60 Å². The van der Waals surface area contributed by atoms with E-state index < -0.39 is 25.0 Å². The predicted octanol–water partition coefficient (Wildman–Crippen LogP) is 1.65. The molecule has 2 N–H and O–H groups in total. The van der Waals surface area contributed by atoms with Crippen LogP contribution in [0.4, 0.5) is 0 Å². The van der Waals surface area contributed by atoms with Gasteiger partial charge in [0, 0.05) is 6.61 Å². The molecular formula is C10H21O6P. The van der Waals surface area contributed by atoms with Crippen molar-refractivity contribution in [3.05, 3.63) is 0 Å². The van der Waals surface area contributed by atoms with E-state index in [9.17, 15) is 9.36 Å². The predicted molar refractivity (Wildman–Crippen MR) is 62.5 cm³/mol. The zero-order chi connectivity index (χ0) is 13.7. The molecule has 0 fully saturated rings. The molecule has 0 radical (unpaired) electrons. The normalized spacial score (nSPS) is 14.5. The summed E-state index contributed by atoms with van der Waals surface area (Å²) in [6.07, 6.45) is 1.13. The highest BCUT2D eigenvalue weighted by atomic mass is 31.2. The fourth-order valence-corrected chi connectivity index (χ4v) is 1.82. The number of hydrogen-bond acceptors (Lipinski definition) is 4. The molecule has 0 saturated carbocycles. The maximum absolute atomic E-state index is 11.7. The van der Waals surface area contributed by atoms with Gasteiger partial charge in [-0.15, -0.1) is 0 Å². The van der Waals surface area contributed by atoms with Gasteiger partial charge in [0.25, 0.3) is 5.85 Å². The van der Waals surface area contributed by atoms with Crippen LogP contribution in [0.2, 0.25) is 0 Å². The third kappa shape index (κ3) is 5.17. The molecule has 0 spiro atoms. The Bertz CT molecular complexity index is 293. The lowest BCUT2D eigenvalue weighted by atomic mass is 10.0. The SMILES string of the molecule is CCOC(C(=O)OC(C)(CC)CC)P(=O)(O)O. The van der Waals surface area contributed by atoms with Crippen molar-refractivity contribution in [3.8, 4) is 0 Å². The Balaban J connectivity index is 4.81. The van der Waals surface area contributed by atoms with Gasteiger partial charge in [-0.2, -0.15) is 0 Å². The van der Waals surface area contributed by atoms with E-state index in [2.05, 4.69) is 0 Å². The first-order valence-corrected chi connectivity index (χ1v) is 7.28. The maximum Gasteiger partial charge on any atom is 0.365 e. The first kappa shape index (κ1) is 16.6. The van der Waals surface area contributed by atoms with Gasteiger partial charge < -0.3 is 19.3 Å². The fraction of sp³-hybridized carbons (Fsp3) is 0.900. The van der Waals surface area contributed by atoms with E-state index in [-0.39, 0.29) is 6.61 Å². The largest absolute Gasteiger partial charge is 0.457 e. The van der Waals surface area contributed by atoms with Gasteiger partial charge in [-0.3, -0.25) is 4.57 Å². The van der Waals surface area contributed by atoms with Gasteiger partial charge in [0.1, 0.15) is 5.60 Å². The van der Waals surface area contributed by atoms with Gasteiger partial charge in [-0.1, -0.05) is 13.8 Å². The van der Waals surface area contributed by atoms with Crippen molar-refractivity contribution >= 4 is 13.6 Å². The van der Waals surface area contributed by atoms with E-state index in [0.717, 1.165) is 0 Å². The lowest BCUT2D eigenvalue weighted by Crippen LogP contribution is -2.36. The van der Waals surface area contributed by atoms with Crippen LogP contribution in [0, 0.1) is 0 Å². The summed E-state index contributed by atoms with van der Waals surface area (Å²) >= 11 is 0.